The second-order valence-corrected chi connectivity index (χ2v) is 8.73. The van der Waals surface area contributed by atoms with Crippen LogP contribution in [-0.2, 0) is 24.0 Å². The van der Waals surface area contributed by atoms with Gasteiger partial charge >= 0.3 is 5.97 Å². The van der Waals surface area contributed by atoms with Crippen molar-refractivity contribution in [3.05, 3.63) is 0 Å². The molecule has 0 radical (unpaired) electrons. The first kappa shape index (κ1) is 29.6. The van der Waals surface area contributed by atoms with Gasteiger partial charge in [0.05, 0.1) is 12.1 Å². The van der Waals surface area contributed by atoms with E-state index < -0.39 is 59.9 Å². The van der Waals surface area contributed by atoms with E-state index in [0.717, 1.165) is 0 Å². The highest BCUT2D eigenvalue weighted by atomic mass is 32.2. The summed E-state index contributed by atoms with van der Waals surface area (Å²) in [4.78, 5) is 59.9. The van der Waals surface area contributed by atoms with Gasteiger partial charge in [-0.2, -0.15) is 11.8 Å². The first-order valence-corrected chi connectivity index (χ1v) is 11.6. The van der Waals surface area contributed by atoms with Gasteiger partial charge in [0.1, 0.15) is 18.1 Å². The topological polar surface area (TPSA) is 214 Å². The number of amides is 4. The van der Waals surface area contributed by atoms with Crippen molar-refractivity contribution in [2.45, 2.75) is 70.3 Å². The molecule has 0 aliphatic carbocycles. The van der Waals surface area contributed by atoms with Crippen LogP contribution in [0.5, 0.6) is 0 Å². The molecule has 0 bridgehead atoms. The van der Waals surface area contributed by atoms with E-state index in [1.54, 1.807) is 13.8 Å². The molecule has 4 amide bonds. The predicted octanol–water partition coefficient (Wildman–Crippen LogP) is -2.09. The van der Waals surface area contributed by atoms with Gasteiger partial charge in [0.2, 0.25) is 23.6 Å². The molecule has 184 valence electrons. The van der Waals surface area contributed by atoms with Crippen molar-refractivity contribution in [3.63, 3.8) is 0 Å². The zero-order chi connectivity index (χ0) is 25.0. The highest BCUT2D eigenvalue weighted by molar-refractivity contribution is 7.98. The molecule has 5 unspecified atom stereocenters. The maximum absolute atomic E-state index is 12.8. The lowest BCUT2D eigenvalue weighted by Crippen LogP contribution is -2.60. The molecule has 0 fully saturated rings. The Bertz CT molecular complexity index is 674. The fraction of sp³-hybridized carbons (Fsp3) is 0.737. The van der Waals surface area contributed by atoms with Crippen molar-refractivity contribution >= 4 is 41.4 Å². The molecule has 0 aromatic heterocycles. The van der Waals surface area contributed by atoms with Crippen LogP contribution in [0.2, 0.25) is 0 Å². The Balaban J connectivity index is 5.38. The van der Waals surface area contributed by atoms with Crippen LogP contribution < -0.4 is 27.4 Å². The van der Waals surface area contributed by atoms with E-state index in [1.165, 1.54) is 18.7 Å². The fourth-order valence-electron chi connectivity index (χ4n) is 2.54. The Kier molecular flexibility index (Phi) is 13.5. The minimum atomic E-state index is -1.50. The van der Waals surface area contributed by atoms with Crippen LogP contribution in [0.3, 0.4) is 0 Å². The van der Waals surface area contributed by atoms with Crippen LogP contribution in [0.4, 0.5) is 0 Å². The number of carbonyl (C=O) groups excluding carboxylic acids is 4. The normalized spacial score (nSPS) is 15.7. The van der Waals surface area contributed by atoms with Gasteiger partial charge < -0.3 is 37.6 Å². The first-order chi connectivity index (χ1) is 14.8. The number of carbonyl (C=O) groups is 5. The molecule has 13 heteroatoms. The lowest BCUT2D eigenvalue weighted by molar-refractivity contribution is -0.143. The molecule has 32 heavy (non-hydrogen) atoms. The SMILES string of the molecule is CSCCC(NC(=O)C(N)C(C)C)C(=O)NC(C(=O)NC(CCC(N)=O)C(=O)O)C(C)O. The maximum Gasteiger partial charge on any atom is 0.326 e. The third kappa shape index (κ3) is 10.8. The van der Waals surface area contributed by atoms with Gasteiger partial charge in [-0.3, -0.25) is 19.2 Å². The van der Waals surface area contributed by atoms with Crippen LogP contribution in [0, 0.1) is 5.92 Å². The molecule has 5 atom stereocenters. The average molecular weight is 478 g/mol. The molecular weight excluding hydrogens is 442 g/mol. The second-order valence-electron chi connectivity index (χ2n) is 7.74. The summed E-state index contributed by atoms with van der Waals surface area (Å²) in [6.07, 6.45) is 0.159. The monoisotopic (exact) mass is 477 g/mol. The van der Waals surface area contributed by atoms with Crippen LogP contribution in [0.25, 0.3) is 0 Å². The van der Waals surface area contributed by atoms with Crippen molar-refractivity contribution in [2.75, 3.05) is 12.0 Å². The molecule has 9 N–H and O–H groups in total. The summed E-state index contributed by atoms with van der Waals surface area (Å²) in [5, 5.41) is 26.3. The number of hydrogen-bond acceptors (Lipinski definition) is 8. The zero-order valence-electron chi connectivity index (χ0n) is 18.8. The van der Waals surface area contributed by atoms with Gasteiger partial charge in [0.25, 0.3) is 0 Å². The number of nitrogens with one attached hydrogen (secondary N) is 3. The Hall–Kier alpha value is -2.38. The molecule has 12 nitrogen and oxygen atoms in total. The van der Waals surface area contributed by atoms with E-state index in [-0.39, 0.29) is 25.2 Å². The summed E-state index contributed by atoms with van der Waals surface area (Å²) < 4.78 is 0. The van der Waals surface area contributed by atoms with Gasteiger partial charge in [-0.15, -0.1) is 0 Å². The Morgan fingerprint density at radius 3 is 1.91 bits per heavy atom. The number of aliphatic hydroxyl groups excluding tert-OH is 1. The van der Waals surface area contributed by atoms with Gasteiger partial charge in [-0.1, -0.05) is 13.8 Å². The van der Waals surface area contributed by atoms with Crippen LogP contribution in [0.15, 0.2) is 0 Å². The summed E-state index contributed by atoms with van der Waals surface area (Å²) in [7, 11) is 0. The van der Waals surface area contributed by atoms with Crippen molar-refractivity contribution < 1.29 is 34.2 Å². The van der Waals surface area contributed by atoms with E-state index >= 15 is 0 Å². The largest absolute Gasteiger partial charge is 0.480 e. The number of primary amides is 1. The van der Waals surface area contributed by atoms with Crippen molar-refractivity contribution in [2.24, 2.45) is 17.4 Å². The average Bonchev–Trinajstić information content (AvgIpc) is 2.70. The van der Waals surface area contributed by atoms with Gasteiger partial charge in [0.15, 0.2) is 0 Å². The summed E-state index contributed by atoms with van der Waals surface area (Å²) in [6.45, 7) is 4.76. The minimum Gasteiger partial charge on any atom is -0.480 e. The van der Waals surface area contributed by atoms with Gasteiger partial charge in [-0.05, 0) is 37.7 Å². The molecule has 0 aromatic carbocycles. The highest BCUT2D eigenvalue weighted by Crippen LogP contribution is 2.06. The molecule has 0 saturated heterocycles. The summed E-state index contributed by atoms with van der Waals surface area (Å²) in [5.41, 5.74) is 10.8. The summed E-state index contributed by atoms with van der Waals surface area (Å²) >= 11 is 1.45. The number of thioether (sulfide) groups is 1. The van der Waals surface area contributed by atoms with Gasteiger partial charge in [-0.25, -0.2) is 4.79 Å². The minimum absolute atomic E-state index is 0.163. The van der Waals surface area contributed by atoms with E-state index in [9.17, 15) is 34.2 Å². The smallest absolute Gasteiger partial charge is 0.326 e. The first-order valence-electron chi connectivity index (χ1n) is 10.2. The Morgan fingerprint density at radius 2 is 1.47 bits per heavy atom. The van der Waals surface area contributed by atoms with E-state index in [4.69, 9.17) is 11.5 Å². The van der Waals surface area contributed by atoms with E-state index in [0.29, 0.717) is 5.75 Å². The zero-order valence-corrected chi connectivity index (χ0v) is 19.6. The highest BCUT2D eigenvalue weighted by Gasteiger charge is 2.32. The molecule has 0 aliphatic rings. The van der Waals surface area contributed by atoms with E-state index in [2.05, 4.69) is 16.0 Å². The number of nitrogens with two attached hydrogens (primary N) is 2. The van der Waals surface area contributed by atoms with E-state index in [1.807, 2.05) is 6.26 Å². The molecule has 0 spiro atoms. The van der Waals surface area contributed by atoms with Crippen molar-refractivity contribution in [1.82, 2.24) is 16.0 Å². The van der Waals surface area contributed by atoms with Crippen molar-refractivity contribution in [3.8, 4) is 0 Å². The predicted molar refractivity (Wildman–Crippen MR) is 119 cm³/mol. The number of carboxylic acid groups (broad SMARTS) is 1. The fourth-order valence-corrected chi connectivity index (χ4v) is 3.01. The van der Waals surface area contributed by atoms with Gasteiger partial charge in [0, 0.05) is 6.42 Å². The number of carboxylic acids is 1. The number of aliphatic hydroxyl groups is 1. The quantitative estimate of drug-likeness (QED) is 0.137. The third-order valence-electron chi connectivity index (χ3n) is 4.62. The number of rotatable bonds is 15. The maximum atomic E-state index is 12.8. The van der Waals surface area contributed by atoms with Crippen molar-refractivity contribution in [1.29, 1.82) is 0 Å². The molecule has 0 rings (SSSR count). The lowest BCUT2D eigenvalue weighted by atomic mass is 10.0. The molecule has 0 aliphatic heterocycles. The molecule has 0 aromatic rings. The lowest BCUT2D eigenvalue weighted by Gasteiger charge is -2.27. The molecule has 0 heterocycles. The molecule has 0 saturated carbocycles. The number of aliphatic carboxylic acids is 1. The second kappa shape index (κ2) is 14.6. The Labute approximate surface area is 191 Å². The van der Waals surface area contributed by atoms with Crippen LogP contribution in [0.1, 0.15) is 40.0 Å². The molecular formula is C19H35N5O7S. The Morgan fingerprint density at radius 1 is 0.906 bits per heavy atom. The number of hydrogen-bond donors (Lipinski definition) is 7. The third-order valence-corrected chi connectivity index (χ3v) is 5.27. The van der Waals surface area contributed by atoms with Crippen LogP contribution >= 0.6 is 11.8 Å². The summed E-state index contributed by atoms with van der Waals surface area (Å²) in [5.74, 6) is -4.00. The van der Waals surface area contributed by atoms with Crippen LogP contribution in [-0.4, -0.2) is 82.1 Å². The summed E-state index contributed by atoms with van der Waals surface area (Å²) in [6, 6.07) is -4.79. The standard InChI is InChI=1S/C19H35N5O7S/c1-9(2)14(21)17(28)22-11(7-8-32-4)16(27)24-15(10(3)25)18(29)23-12(19(30)31)5-6-13(20)26/h9-12,14-15,25H,5-8,21H2,1-4H3,(H2,20,26)(H,22,28)(H,23,29)(H,24,27)(H,30,31).